The van der Waals surface area contributed by atoms with E-state index in [1.54, 1.807) is 12.4 Å². The smallest absolute Gasteiger partial charge is 0.0971 e. The van der Waals surface area contributed by atoms with E-state index < -0.39 is 0 Å². The Morgan fingerprint density at radius 2 is 0.781 bits per heavy atom. The molecule has 0 aliphatic heterocycles. The van der Waals surface area contributed by atoms with E-state index in [1.165, 1.54) is 105 Å². The number of hydrogen-bond donors (Lipinski definition) is 0. The quantitative estimate of drug-likeness (QED) is 0.162. The fraction of sp³-hybridized carbons (Fsp3) is 0.0492. The molecular formula is C61H41N3. The summed E-state index contributed by atoms with van der Waals surface area (Å²) in [5.74, 6) is 0. The molecule has 0 saturated heterocycles. The SMILES string of the molecule is CC1(C)c2cc(-c3cccc(-c4ccc5c(c4)c4ccccc4c4nccnc54)c3)ccc2-c2ccc(-c3cccc(-c4ccc5c(c4)c4ccccc4n5-c4ccccc4)c3)cc21. The lowest BCUT2D eigenvalue weighted by atomic mass is 9.80. The first-order valence-electron chi connectivity index (χ1n) is 22.1. The number of benzene rings is 10. The highest BCUT2D eigenvalue weighted by molar-refractivity contribution is 6.23. The fourth-order valence-electron chi connectivity index (χ4n) is 10.7. The van der Waals surface area contributed by atoms with Gasteiger partial charge in [-0.15, -0.1) is 0 Å². The topological polar surface area (TPSA) is 30.7 Å². The van der Waals surface area contributed by atoms with Gasteiger partial charge >= 0.3 is 0 Å². The summed E-state index contributed by atoms with van der Waals surface area (Å²) in [6.07, 6.45) is 3.57. The third-order valence-corrected chi connectivity index (χ3v) is 13.9. The molecule has 0 bridgehead atoms. The highest BCUT2D eigenvalue weighted by atomic mass is 15.0. The Hall–Kier alpha value is -8.14. The zero-order valence-electron chi connectivity index (χ0n) is 35.5. The van der Waals surface area contributed by atoms with Crippen LogP contribution in [0.25, 0.3) is 116 Å². The van der Waals surface area contributed by atoms with Gasteiger partial charge < -0.3 is 4.57 Å². The van der Waals surface area contributed by atoms with Crippen LogP contribution in [-0.4, -0.2) is 14.5 Å². The van der Waals surface area contributed by atoms with Gasteiger partial charge in [0.1, 0.15) is 0 Å². The molecule has 0 saturated carbocycles. The summed E-state index contributed by atoms with van der Waals surface area (Å²) in [4.78, 5) is 9.49. The van der Waals surface area contributed by atoms with Crippen molar-refractivity contribution in [3.63, 3.8) is 0 Å². The second-order valence-corrected chi connectivity index (χ2v) is 17.8. The van der Waals surface area contributed by atoms with E-state index in [4.69, 9.17) is 9.97 Å². The average molecular weight is 816 g/mol. The first-order chi connectivity index (χ1) is 31.5. The molecule has 2 aromatic heterocycles. The maximum Gasteiger partial charge on any atom is 0.0971 e. The van der Waals surface area contributed by atoms with Gasteiger partial charge in [-0.2, -0.15) is 0 Å². The molecule has 0 amide bonds. The number of nitrogens with zero attached hydrogens (tertiary/aromatic N) is 3. The third-order valence-electron chi connectivity index (χ3n) is 13.9. The van der Waals surface area contributed by atoms with E-state index in [9.17, 15) is 0 Å². The van der Waals surface area contributed by atoms with E-state index >= 15 is 0 Å². The Kier molecular flexibility index (Phi) is 7.95. The molecule has 0 unspecified atom stereocenters. The lowest BCUT2D eigenvalue weighted by molar-refractivity contribution is 0.661. The standard InChI is InChI=1S/C61H41N3/c1-61(2)55-36-44(40-14-10-12-38(32-40)42-24-28-52-53(34-42)47-18-6-7-20-51(47)59-60(52)63-31-30-62-59)22-26-48(55)49-27-23-45(37-56(49)61)41-15-11-13-39(33-41)43-25-29-58-54(35-43)50-19-8-9-21-57(50)64(58)46-16-4-3-5-17-46/h3-37H,1-2H3. The van der Waals surface area contributed by atoms with Crippen LogP contribution in [0.4, 0.5) is 0 Å². The van der Waals surface area contributed by atoms with Crippen LogP contribution in [0.15, 0.2) is 213 Å². The van der Waals surface area contributed by atoms with Crippen molar-refractivity contribution < 1.29 is 0 Å². The lowest BCUT2D eigenvalue weighted by Crippen LogP contribution is -2.15. The molecule has 10 aromatic carbocycles. The van der Waals surface area contributed by atoms with E-state index in [0.29, 0.717) is 0 Å². The molecule has 300 valence electrons. The number of para-hydroxylation sites is 2. The molecule has 0 spiro atoms. The predicted molar refractivity (Wildman–Crippen MR) is 268 cm³/mol. The summed E-state index contributed by atoms with van der Waals surface area (Å²) in [5.41, 5.74) is 20.4. The third kappa shape index (κ3) is 5.54. The van der Waals surface area contributed by atoms with Gasteiger partial charge in [0.25, 0.3) is 0 Å². The van der Waals surface area contributed by atoms with Crippen LogP contribution in [0.3, 0.4) is 0 Å². The van der Waals surface area contributed by atoms with Crippen LogP contribution >= 0.6 is 0 Å². The molecule has 0 radical (unpaired) electrons. The van der Waals surface area contributed by atoms with Crippen molar-refractivity contribution >= 4 is 54.4 Å². The Labute approximate surface area is 371 Å². The van der Waals surface area contributed by atoms with E-state index in [0.717, 1.165) is 21.8 Å². The molecule has 1 aliphatic carbocycles. The van der Waals surface area contributed by atoms with Crippen LogP contribution < -0.4 is 0 Å². The normalized spacial score (nSPS) is 13.0. The van der Waals surface area contributed by atoms with Gasteiger partial charge in [-0.1, -0.05) is 153 Å². The highest BCUT2D eigenvalue weighted by Crippen LogP contribution is 2.51. The monoisotopic (exact) mass is 815 g/mol. The van der Waals surface area contributed by atoms with Gasteiger partial charge in [-0.05, 0) is 138 Å². The largest absolute Gasteiger partial charge is 0.309 e. The second-order valence-electron chi connectivity index (χ2n) is 17.8. The average Bonchev–Trinajstić information content (AvgIpc) is 3.81. The maximum atomic E-state index is 4.77. The maximum absolute atomic E-state index is 4.77. The first-order valence-corrected chi connectivity index (χ1v) is 22.1. The van der Waals surface area contributed by atoms with Gasteiger partial charge in [0.05, 0.1) is 22.1 Å². The summed E-state index contributed by atoms with van der Waals surface area (Å²) in [6, 6.07) is 73.8. The van der Waals surface area contributed by atoms with Crippen LogP contribution in [0.5, 0.6) is 0 Å². The van der Waals surface area contributed by atoms with Crippen LogP contribution in [0.1, 0.15) is 25.0 Å². The molecule has 3 heteroatoms. The molecule has 3 nitrogen and oxygen atoms in total. The van der Waals surface area contributed by atoms with Gasteiger partial charge in [-0.3, -0.25) is 9.97 Å². The van der Waals surface area contributed by atoms with E-state index in [-0.39, 0.29) is 5.41 Å². The van der Waals surface area contributed by atoms with Crippen molar-refractivity contribution in [3.8, 4) is 61.3 Å². The lowest BCUT2D eigenvalue weighted by Gasteiger charge is -2.23. The second kappa shape index (κ2) is 13.9. The summed E-state index contributed by atoms with van der Waals surface area (Å²) in [7, 11) is 0. The Balaban J connectivity index is 0.833. The molecule has 12 aromatic rings. The van der Waals surface area contributed by atoms with Crippen molar-refractivity contribution in [2.24, 2.45) is 0 Å². The summed E-state index contributed by atoms with van der Waals surface area (Å²) >= 11 is 0. The highest BCUT2D eigenvalue weighted by Gasteiger charge is 2.36. The molecule has 13 rings (SSSR count). The Morgan fingerprint density at radius 1 is 0.328 bits per heavy atom. The molecule has 0 N–H and O–H groups in total. The van der Waals surface area contributed by atoms with Gasteiger partial charge in [0.15, 0.2) is 0 Å². The molecule has 1 aliphatic rings. The summed E-state index contributed by atoms with van der Waals surface area (Å²) < 4.78 is 2.38. The minimum absolute atomic E-state index is 0.172. The number of aromatic nitrogens is 3. The first kappa shape index (κ1) is 36.5. The van der Waals surface area contributed by atoms with Crippen molar-refractivity contribution in [2.75, 3.05) is 0 Å². The predicted octanol–water partition coefficient (Wildman–Crippen LogP) is 16.0. The molecule has 0 atom stereocenters. The minimum atomic E-state index is -0.172. The van der Waals surface area contributed by atoms with Crippen molar-refractivity contribution in [2.45, 2.75) is 19.3 Å². The Morgan fingerprint density at radius 3 is 1.41 bits per heavy atom. The molecule has 0 fully saturated rings. The van der Waals surface area contributed by atoms with Crippen LogP contribution in [0.2, 0.25) is 0 Å². The summed E-state index contributed by atoms with van der Waals surface area (Å²) in [6.45, 7) is 4.76. The van der Waals surface area contributed by atoms with Crippen LogP contribution in [0, 0.1) is 0 Å². The summed E-state index contributed by atoms with van der Waals surface area (Å²) in [5, 5.41) is 7.17. The zero-order valence-corrected chi connectivity index (χ0v) is 35.5. The van der Waals surface area contributed by atoms with Crippen molar-refractivity contribution in [1.82, 2.24) is 14.5 Å². The number of rotatable bonds is 5. The fourth-order valence-corrected chi connectivity index (χ4v) is 10.7. The van der Waals surface area contributed by atoms with Crippen LogP contribution in [-0.2, 0) is 5.41 Å². The van der Waals surface area contributed by atoms with E-state index in [1.807, 2.05) is 0 Å². The van der Waals surface area contributed by atoms with Crippen molar-refractivity contribution in [3.05, 3.63) is 224 Å². The minimum Gasteiger partial charge on any atom is -0.309 e. The van der Waals surface area contributed by atoms with Gasteiger partial charge in [0.2, 0.25) is 0 Å². The van der Waals surface area contributed by atoms with Gasteiger partial charge in [-0.25, -0.2) is 0 Å². The van der Waals surface area contributed by atoms with Crippen molar-refractivity contribution in [1.29, 1.82) is 0 Å². The number of fused-ring (bicyclic) bond motifs is 12. The van der Waals surface area contributed by atoms with Gasteiger partial charge in [0, 0.05) is 45.0 Å². The Bertz CT molecular complexity index is 3840. The zero-order chi connectivity index (χ0) is 42.5. The number of hydrogen-bond acceptors (Lipinski definition) is 2. The molecule has 64 heavy (non-hydrogen) atoms. The molecular weight excluding hydrogens is 775 g/mol. The van der Waals surface area contributed by atoms with E-state index in [2.05, 4.69) is 219 Å². The molecule has 2 heterocycles.